The van der Waals surface area contributed by atoms with Crippen molar-refractivity contribution in [3.05, 3.63) is 87.7 Å². The lowest BCUT2D eigenvalue weighted by Crippen LogP contribution is -2.52. The number of benzene rings is 2. The predicted molar refractivity (Wildman–Crippen MR) is 169 cm³/mol. The van der Waals surface area contributed by atoms with Gasteiger partial charge in [0.25, 0.3) is 0 Å². The second kappa shape index (κ2) is 14.6. The van der Waals surface area contributed by atoms with Crippen LogP contribution in [0.15, 0.2) is 60.8 Å². The monoisotopic (exact) mass is 629 g/mol. The molecule has 5 rings (SSSR count). The number of piperazine rings is 1. The van der Waals surface area contributed by atoms with Crippen molar-refractivity contribution in [1.29, 1.82) is 0 Å². The normalized spacial score (nSPS) is 21.8. The molecule has 232 valence electrons. The van der Waals surface area contributed by atoms with E-state index in [9.17, 15) is 10.2 Å². The number of ether oxygens (including phenoxy) is 3. The summed E-state index contributed by atoms with van der Waals surface area (Å²) in [6, 6.07) is 17.3. The van der Waals surface area contributed by atoms with Gasteiger partial charge in [0.15, 0.2) is 6.29 Å². The molecule has 2 aliphatic rings. The van der Waals surface area contributed by atoms with Gasteiger partial charge in [0.1, 0.15) is 18.0 Å². The van der Waals surface area contributed by atoms with Crippen LogP contribution in [0, 0.1) is 0 Å². The molecule has 0 radical (unpaired) electrons. The number of aromatic nitrogens is 1. The van der Waals surface area contributed by atoms with Crippen molar-refractivity contribution in [2.24, 2.45) is 0 Å². The number of β-amino-alcohol motifs (C(OH)–C–C–N with tert-alkyl or cyclic N) is 1. The highest BCUT2D eigenvalue weighted by molar-refractivity contribution is 6.33. The highest BCUT2D eigenvalue weighted by Crippen LogP contribution is 2.38. The summed E-state index contributed by atoms with van der Waals surface area (Å²) in [6.45, 7) is 7.39. The van der Waals surface area contributed by atoms with Crippen molar-refractivity contribution in [3.63, 3.8) is 0 Å². The lowest BCUT2D eigenvalue weighted by Gasteiger charge is -2.45. The summed E-state index contributed by atoms with van der Waals surface area (Å²) in [6.07, 6.45) is 4.12. The first-order chi connectivity index (χ1) is 20.7. The molecule has 0 saturated carbocycles. The number of rotatable bonds is 11. The third-order valence-electron chi connectivity index (χ3n) is 7.97. The number of hydrogen-bond donors (Lipinski definition) is 2. The third-order valence-corrected chi connectivity index (χ3v) is 8.53. The Labute approximate surface area is 264 Å². The quantitative estimate of drug-likeness (QED) is 0.269. The van der Waals surface area contributed by atoms with E-state index in [2.05, 4.69) is 14.8 Å². The van der Waals surface area contributed by atoms with E-state index in [-0.39, 0.29) is 18.9 Å². The van der Waals surface area contributed by atoms with E-state index < -0.39 is 11.7 Å². The molecule has 2 aromatic carbocycles. The zero-order valence-corrected chi connectivity index (χ0v) is 26.3. The maximum Gasteiger partial charge on any atom is 0.158 e. The Morgan fingerprint density at radius 1 is 1.09 bits per heavy atom. The molecule has 0 bridgehead atoms. The summed E-state index contributed by atoms with van der Waals surface area (Å²) in [7, 11) is 0. The van der Waals surface area contributed by atoms with Gasteiger partial charge in [-0.3, -0.25) is 9.88 Å². The van der Waals surface area contributed by atoms with E-state index in [4.69, 9.17) is 37.4 Å². The smallest absolute Gasteiger partial charge is 0.158 e. The molecule has 3 aromatic rings. The van der Waals surface area contributed by atoms with Gasteiger partial charge in [-0.1, -0.05) is 41.4 Å². The summed E-state index contributed by atoms with van der Waals surface area (Å²) in [4.78, 5) is 9.14. The summed E-state index contributed by atoms with van der Waals surface area (Å²) < 4.78 is 17.2. The van der Waals surface area contributed by atoms with E-state index in [0.717, 1.165) is 54.9 Å². The van der Waals surface area contributed by atoms with Crippen LogP contribution in [0.2, 0.25) is 10.0 Å². The Morgan fingerprint density at radius 3 is 2.58 bits per heavy atom. The number of anilines is 1. The molecule has 2 saturated heterocycles. The van der Waals surface area contributed by atoms with Gasteiger partial charge in [0.05, 0.1) is 35.2 Å². The molecule has 8 nitrogen and oxygen atoms in total. The van der Waals surface area contributed by atoms with E-state index in [0.29, 0.717) is 42.0 Å². The van der Waals surface area contributed by atoms with Crippen molar-refractivity contribution in [2.75, 3.05) is 44.3 Å². The van der Waals surface area contributed by atoms with Crippen molar-refractivity contribution in [1.82, 2.24) is 9.88 Å². The Bertz CT molecular complexity index is 1320. The summed E-state index contributed by atoms with van der Waals surface area (Å²) in [5, 5.41) is 22.4. The number of nitrogens with zero attached hydrogens (tertiary/aromatic N) is 3. The number of hydrogen-bond acceptors (Lipinski definition) is 8. The number of pyridine rings is 1. The Kier molecular flexibility index (Phi) is 10.8. The summed E-state index contributed by atoms with van der Waals surface area (Å²) in [5.74, 6) is 0.612. The molecule has 0 amide bonds. The predicted octanol–water partition coefficient (Wildman–Crippen LogP) is 5.96. The topological polar surface area (TPSA) is 87.5 Å². The van der Waals surface area contributed by atoms with Crippen molar-refractivity contribution >= 4 is 28.9 Å². The Morgan fingerprint density at radius 2 is 1.91 bits per heavy atom. The SMILES string of the molecule is C[C@@H](O)COc1ccc(N2CCN(C[C@@](C)(O)c3ccc(COC4CCCCO4)nc3)C[C@H]2c2ccc(Cl)cc2)c(Cl)c1. The van der Waals surface area contributed by atoms with Gasteiger partial charge in [-0.15, -0.1) is 0 Å². The molecule has 0 spiro atoms. The van der Waals surface area contributed by atoms with Crippen LogP contribution in [0.1, 0.15) is 56.0 Å². The maximum atomic E-state index is 11.6. The van der Waals surface area contributed by atoms with Crippen LogP contribution >= 0.6 is 23.2 Å². The highest BCUT2D eigenvalue weighted by atomic mass is 35.5. The van der Waals surface area contributed by atoms with Crippen LogP contribution in [-0.2, 0) is 21.7 Å². The molecule has 2 N–H and O–H groups in total. The molecule has 10 heteroatoms. The van der Waals surface area contributed by atoms with Gasteiger partial charge in [-0.25, -0.2) is 0 Å². The lowest BCUT2D eigenvalue weighted by atomic mass is 9.95. The first-order valence-electron chi connectivity index (χ1n) is 14.9. The van der Waals surface area contributed by atoms with Crippen LogP contribution < -0.4 is 9.64 Å². The summed E-state index contributed by atoms with van der Waals surface area (Å²) >= 11 is 13.0. The van der Waals surface area contributed by atoms with Crippen molar-refractivity contribution in [2.45, 2.75) is 63.8 Å². The van der Waals surface area contributed by atoms with E-state index in [1.165, 1.54) is 0 Å². The number of aliphatic hydroxyl groups excluding tert-OH is 1. The average molecular weight is 631 g/mol. The van der Waals surface area contributed by atoms with Crippen LogP contribution in [0.4, 0.5) is 5.69 Å². The summed E-state index contributed by atoms with van der Waals surface area (Å²) in [5.41, 5.74) is 2.47. The minimum atomic E-state index is -1.11. The van der Waals surface area contributed by atoms with Gasteiger partial charge in [-0.05, 0) is 69.0 Å². The lowest BCUT2D eigenvalue weighted by molar-refractivity contribution is -0.169. The third kappa shape index (κ3) is 8.60. The first-order valence-corrected chi connectivity index (χ1v) is 15.7. The molecular formula is C33H41Cl2N3O5. The minimum Gasteiger partial charge on any atom is -0.491 e. The zero-order chi connectivity index (χ0) is 30.4. The van der Waals surface area contributed by atoms with Gasteiger partial charge < -0.3 is 29.3 Å². The molecule has 3 heterocycles. The molecule has 1 unspecified atom stereocenters. The van der Waals surface area contributed by atoms with Gasteiger partial charge in [0, 0.05) is 55.6 Å². The Balaban J connectivity index is 1.27. The fourth-order valence-electron chi connectivity index (χ4n) is 5.64. The second-order valence-corrected chi connectivity index (χ2v) is 12.5. The minimum absolute atomic E-state index is 0.0248. The fraction of sp³-hybridized carbons (Fsp3) is 0.485. The zero-order valence-electron chi connectivity index (χ0n) is 24.8. The van der Waals surface area contributed by atoms with Crippen LogP contribution in [0.5, 0.6) is 5.75 Å². The van der Waals surface area contributed by atoms with E-state index in [1.54, 1.807) is 19.2 Å². The number of halogens is 2. The largest absolute Gasteiger partial charge is 0.491 e. The standard InChI is InChI=1S/C33H41Cl2N3O5/c1-23(39)20-42-28-12-13-30(29(35)17-28)38-15-14-37(19-31(38)24-6-9-26(34)10-7-24)22-33(2,40)25-8-11-27(36-18-25)21-43-32-5-3-4-16-41-32/h6-13,17-18,23,31-32,39-40H,3-5,14-16,19-22H2,1-2H3/t23-,31+,32?,33-/m1/s1. The molecule has 43 heavy (non-hydrogen) atoms. The molecule has 4 atom stereocenters. The first kappa shape index (κ1) is 32.0. The van der Waals surface area contributed by atoms with Gasteiger partial charge in [-0.2, -0.15) is 0 Å². The van der Waals surface area contributed by atoms with Gasteiger partial charge >= 0.3 is 0 Å². The van der Waals surface area contributed by atoms with E-state index in [1.807, 2.05) is 55.5 Å². The molecule has 2 aliphatic heterocycles. The molecule has 0 aliphatic carbocycles. The van der Waals surface area contributed by atoms with E-state index >= 15 is 0 Å². The van der Waals surface area contributed by atoms with Crippen molar-refractivity contribution in [3.8, 4) is 5.75 Å². The van der Waals surface area contributed by atoms with Crippen LogP contribution in [-0.4, -0.2) is 71.9 Å². The Hall–Kier alpha value is -2.43. The van der Waals surface area contributed by atoms with Crippen LogP contribution in [0.25, 0.3) is 0 Å². The number of aliphatic hydroxyl groups is 2. The van der Waals surface area contributed by atoms with Crippen LogP contribution in [0.3, 0.4) is 0 Å². The molecular weight excluding hydrogens is 589 g/mol. The second-order valence-electron chi connectivity index (χ2n) is 11.7. The van der Waals surface area contributed by atoms with Gasteiger partial charge in [0.2, 0.25) is 0 Å². The highest BCUT2D eigenvalue weighted by Gasteiger charge is 2.34. The molecule has 1 aromatic heterocycles. The maximum absolute atomic E-state index is 11.6. The molecule has 2 fully saturated rings. The average Bonchev–Trinajstić information content (AvgIpc) is 3.00. The fourth-order valence-corrected chi connectivity index (χ4v) is 6.05. The van der Waals surface area contributed by atoms with Crippen molar-refractivity contribution < 1.29 is 24.4 Å².